The van der Waals surface area contributed by atoms with Crippen molar-refractivity contribution in [2.75, 3.05) is 7.11 Å². The van der Waals surface area contributed by atoms with Crippen LogP contribution in [0.2, 0.25) is 0 Å². The van der Waals surface area contributed by atoms with Crippen molar-refractivity contribution < 1.29 is 9.53 Å². The van der Waals surface area contributed by atoms with Gasteiger partial charge in [0.05, 0.1) is 19.2 Å². The lowest BCUT2D eigenvalue weighted by molar-refractivity contribution is 0.0600. The summed E-state index contributed by atoms with van der Waals surface area (Å²) in [5.41, 5.74) is 1.54. The molecule has 82 valence electrons. The molecule has 0 spiro atoms. The highest BCUT2D eigenvalue weighted by Crippen LogP contribution is 2.06. The summed E-state index contributed by atoms with van der Waals surface area (Å²) in [5, 5.41) is 10.8. The second-order valence-electron chi connectivity index (χ2n) is 3.20. The third-order valence-electron chi connectivity index (χ3n) is 2.11. The summed E-state index contributed by atoms with van der Waals surface area (Å²) in [5.74, 6) is -0.339. The van der Waals surface area contributed by atoms with Gasteiger partial charge in [-0.15, -0.1) is 5.10 Å². The number of aromatic nitrogens is 4. The number of hydrogen-bond donors (Lipinski definition) is 0. The molecule has 1 aromatic carbocycles. The van der Waals surface area contributed by atoms with E-state index in [0.717, 1.165) is 5.56 Å². The van der Waals surface area contributed by atoms with E-state index in [1.165, 1.54) is 13.4 Å². The van der Waals surface area contributed by atoms with Crippen LogP contribution in [0.25, 0.3) is 0 Å². The molecule has 2 rings (SSSR count). The minimum Gasteiger partial charge on any atom is -0.465 e. The molecule has 0 bridgehead atoms. The van der Waals surface area contributed by atoms with E-state index in [4.69, 9.17) is 0 Å². The van der Waals surface area contributed by atoms with Crippen molar-refractivity contribution in [3.63, 3.8) is 0 Å². The van der Waals surface area contributed by atoms with Crippen LogP contribution in [0.15, 0.2) is 30.6 Å². The largest absolute Gasteiger partial charge is 0.465 e. The molecule has 2 aromatic rings. The van der Waals surface area contributed by atoms with E-state index in [0.29, 0.717) is 12.1 Å². The molecule has 0 radical (unpaired) electrons. The Bertz CT molecular complexity index is 464. The third-order valence-corrected chi connectivity index (χ3v) is 2.11. The van der Waals surface area contributed by atoms with Crippen molar-refractivity contribution in [1.29, 1.82) is 0 Å². The van der Waals surface area contributed by atoms with Crippen LogP contribution in [0, 0.1) is 0 Å². The number of benzene rings is 1. The second-order valence-corrected chi connectivity index (χ2v) is 3.20. The highest BCUT2D eigenvalue weighted by atomic mass is 16.5. The van der Waals surface area contributed by atoms with Crippen LogP contribution in [0.4, 0.5) is 0 Å². The van der Waals surface area contributed by atoms with Gasteiger partial charge in [0, 0.05) is 0 Å². The van der Waals surface area contributed by atoms with Crippen LogP contribution in [-0.4, -0.2) is 33.3 Å². The normalized spacial score (nSPS) is 10.1. The number of rotatable bonds is 3. The number of ether oxygens (including phenoxy) is 1. The Morgan fingerprint density at radius 2 is 2.12 bits per heavy atom. The Morgan fingerprint density at radius 1 is 1.38 bits per heavy atom. The van der Waals surface area contributed by atoms with Crippen molar-refractivity contribution in [2.24, 2.45) is 0 Å². The molecule has 0 amide bonds. The lowest BCUT2D eigenvalue weighted by atomic mass is 10.1. The summed E-state index contributed by atoms with van der Waals surface area (Å²) in [4.78, 5) is 11.2. The van der Waals surface area contributed by atoms with Gasteiger partial charge in [-0.3, -0.25) is 0 Å². The monoisotopic (exact) mass is 218 g/mol. The fraction of sp³-hybridized carbons (Fsp3) is 0.200. The minimum absolute atomic E-state index is 0.339. The van der Waals surface area contributed by atoms with Gasteiger partial charge in [-0.05, 0) is 28.1 Å². The summed E-state index contributed by atoms with van der Waals surface area (Å²) in [6.07, 6.45) is 1.54. The number of methoxy groups -OCH3 is 1. The Balaban J connectivity index is 2.10. The summed E-state index contributed by atoms with van der Waals surface area (Å²) < 4.78 is 6.21. The van der Waals surface area contributed by atoms with E-state index >= 15 is 0 Å². The average molecular weight is 218 g/mol. The van der Waals surface area contributed by atoms with Gasteiger partial charge in [0.1, 0.15) is 6.33 Å². The Morgan fingerprint density at radius 3 is 2.69 bits per heavy atom. The van der Waals surface area contributed by atoms with Crippen LogP contribution >= 0.6 is 0 Å². The van der Waals surface area contributed by atoms with E-state index in [2.05, 4.69) is 20.3 Å². The highest BCUT2D eigenvalue weighted by Gasteiger charge is 2.04. The molecular formula is C10H10N4O2. The predicted octanol–water partition coefficient (Wildman–Crippen LogP) is 0.508. The molecule has 16 heavy (non-hydrogen) atoms. The zero-order valence-electron chi connectivity index (χ0n) is 8.70. The van der Waals surface area contributed by atoms with Gasteiger partial charge in [-0.1, -0.05) is 12.1 Å². The molecule has 0 aliphatic rings. The van der Waals surface area contributed by atoms with Crippen LogP contribution < -0.4 is 0 Å². The molecule has 1 aromatic heterocycles. The van der Waals surface area contributed by atoms with Crippen molar-refractivity contribution in [3.05, 3.63) is 41.7 Å². The molecule has 6 heteroatoms. The van der Waals surface area contributed by atoms with E-state index in [1.54, 1.807) is 16.8 Å². The fourth-order valence-corrected chi connectivity index (χ4v) is 1.30. The van der Waals surface area contributed by atoms with Crippen LogP contribution in [0.1, 0.15) is 15.9 Å². The first-order valence-electron chi connectivity index (χ1n) is 4.67. The summed E-state index contributed by atoms with van der Waals surface area (Å²) >= 11 is 0. The van der Waals surface area contributed by atoms with Crippen LogP contribution in [0.5, 0.6) is 0 Å². The van der Waals surface area contributed by atoms with Gasteiger partial charge in [0.15, 0.2) is 0 Å². The number of esters is 1. The van der Waals surface area contributed by atoms with Crippen LogP contribution in [0.3, 0.4) is 0 Å². The molecule has 0 atom stereocenters. The number of nitrogens with zero attached hydrogens (tertiary/aromatic N) is 4. The molecule has 6 nitrogen and oxygen atoms in total. The lowest BCUT2D eigenvalue weighted by Crippen LogP contribution is -2.03. The SMILES string of the molecule is COC(=O)c1ccc(Cn2cnnn2)cc1. The molecule has 0 N–H and O–H groups in total. The summed E-state index contributed by atoms with van der Waals surface area (Å²) in [7, 11) is 1.36. The number of hydrogen-bond acceptors (Lipinski definition) is 5. The fourth-order valence-electron chi connectivity index (χ4n) is 1.30. The van der Waals surface area contributed by atoms with Gasteiger partial charge < -0.3 is 4.74 Å². The molecule has 0 fully saturated rings. The van der Waals surface area contributed by atoms with Crippen molar-refractivity contribution in [3.8, 4) is 0 Å². The maximum absolute atomic E-state index is 11.2. The third kappa shape index (κ3) is 2.22. The molecule has 1 heterocycles. The second kappa shape index (κ2) is 4.52. The molecule has 0 aliphatic heterocycles. The minimum atomic E-state index is -0.339. The van der Waals surface area contributed by atoms with Gasteiger partial charge in [-0.2, -0.15) is 0 Å². The maximum atomic E-state index is 11.2. The Hall–Kier alpha value is -2.24. The van der Waals surface area contributed by atoms with E-state index in [-0.39, 0.29) is 5.97 Å². The summed E-state index contributed by atoms with van der Waals surface area (Å²) in [6.45, 7) is 0.578. The first kappa shape index (κ1) is 10.3. The van der Waals surface area contributed by atoms with Gasteiger partial charge in [-0.25, -0.2) is 9.48 Å². The van der Waals surface area contributed by atoms with Crippen LogP contribution in [-0.2, 0) is 11.3 Å². The average Bonchev–Trinajstić information content (AvgIpc) is 2.82. The molecule has 0 aliphatic carbocycles. The first-order chi connectivity index (χ1) is 7.79. The predicted molar refractivity (Wildman–Crippen MR) is 54.7 cm³/mol. The lowest BCUT2D eigenvalue weighted by Gasteiger charge is -2.02. The number of carbonyl (C=O) groups is 1. The Labute approximate surface area is 91.8 Å². The van der Waals surface area contributed by atoms with E-state index in [9.17, 15) is 4.79 Å². The van der Waals surface area contributed by atoms with Crippen molar-refractivity contribution >= 4 is 5.97 Å². The number of tetrazole rings is 1. The molecule has 0 saturated heterocycles. The zero-order chi connectivity index (χ0) is 11.4. The van der Waals surface area contributed by atoms with Gasteiger partial charge >= 0.3 is 5.97 Å². The van der Waals surface area contributed by atoms with E-state index in [1.807, 2.05) is 12.1 Å². The highest BCUT2D eigenvalue weighted by molar-refractivity contribution is 5.89. The number of carbonyl (C=O) groups excluding carboxylic acids is 1. The van der Waals surface area contributed by atoms with Gasteiger partial charge in [0.2, 0.25) is 0 Å². The summed E-state index contributed by atoms with van der Waals surface area (Å²) in [6, 6.07) is 7.11. The molecule has 0 saturated carbocycles. The maximum Gasteiger partial charge on any atom is 0.337 e. The zero-order valence-corrected chi connectivity index (χ0v) is 8.70. The first-order valence-corrected chi connectivity index (χ1v) is 4.67. The molecular weight excluding hydrogens is 208 g/mol. The standard InChI is InChI=1S/C10H10N4O2/c1-16-10(15)9-4-2-8(3-5-9)6-14-7-11-12-13-14/h2-5,7H,6H2,1H3. The smallest absolute Gasteiger partial charge is 0.337 e. The quantitative estimate of drug-likeness (QED) is 0.702. The molecule has 0 unspecified atom stereocenters. The van der Waals surface area contributed by atoms with Crippen molar-refractivity contribution in [2.45, 2.75) is 6.54 Å². The van der Waals surface area contributed by atoms with E-state index < -0.39 is 0 Å². The van der Waals surface area contributed by atoms with Gasteiger partial charge in [0.25, 0.3) is 0 Å². The van der Waals surface area contributed by atoms with Crippen molar-refractivity contribution in [1.82, 2.24) is 20.2 Å². The topological polar surface area (TPSA) is 69.9 Å². The Kier molecular flexibility index (Phi) is 2.90.